The molecule has 0 amide bonds. The molecule has 1 aliphatic heterocycles. The summed E-state index contributed by atoms with van der Waals surface area (Å²) in [6.07, 6.45) is 1.65. The fourth-order valence-corrected chi connectivity index (χ4v) is 3.60. The molecule has 0 aromatic heterocycles. The van der Waals surface area contributed by atoms with Gasteiger partial charge in [-0.1, -0.05) is 15.9 Å². The molecule has 0 unspecified atom stereocenters. The Morgan fingerprint density at radius 3 is 2.53 bits per heavy atom. The molecule has 1 aromatic rings. The SMILES string of the molecule is O=C(O)c1cc(Br)ccc1NS(=O)(=O)N1CCCC1. The van der Waals surface area contributed by atoms with Gasteiger partial charge in [-0.25, -0.2) is 4.79 Å². The first-order valence-corrected chi connectivity index (χ1v) is 7.94. The Kier molecular flexibility index (Phi) is 4.12. The number of carboxylic acids is 1. The minimum Gasteiger partial charge on any atom is -0.478 e. The Morgan fingerprint density at radius 2 is 1.95 bits per heavy atom. The lowest BCUT2D eigenvalue weighted by Gasteiger charge is -2.18. The van der Waals surface area contributed by atoms with Crippen molar-refractivity contribution in [2.75, 3.05) is 17.8 Å². The summed E-state index contributed by atoms with van der Waals surface area (Å²) in [5, 5.41) is 9.08. The van der Waals surface area contributed by atoms with E-state index in [4.69, 9.17) is 5.11 Å². The van der Waals surface area contributed by atoms with Gasteiger partial charge in [0.2, 0.25) is 0 Å². The highest BCUT2D eigenvalue weighted by Gasteiger charge is 2.26. The maximum absolute atomic E-state index is 12.1. The lowest BCUT2D eigenvalue weighted by molar-refractivity contribution is 0.0698. The Bertz CT molecular complexity index is 597. The van der Waals surface area contributed by atoms with Crippen LogP contribution < -0.4 is 4.72 Å². The number of hydrogen-bond acceptors (Lipinski definition) is 3. The van der Waals surface area contributed by atoms with Crippen LogP contribution in [0.5, 0.6) is 0 Å². The molecule has 1 aromatic carbocycles. The van der Waals surface area contributed by atoms with Gasteiger partial charge < -0.3 is 5.11 Å². The largest absolute Gasteiger partial charge is 0.478 e. The molecule has 2 rings (SSSR count). The van der Waals surface area contributed by atoms with Crippen LogP contribution in [-0.4, -0.2) is 36.9 Å². The van der Waals surface area contributed by atoms with E-state index in [1.165, 1.54) is 16.4 Å². The van der Waals surface area contributed by atoms with Crippen LogP contribution in [0.25, 0.3) is 0 Å². The number of carbonyl (C=O) groups is 1. The smallest absolute Gasteiger partial charge is 0.337 e. The van der Waals surface area contributed by atoms with E-state index < -0.39 is 16.2 Å². The minimum atomic E-state index is -3.68. The highest BCUT2D eigenvalue weighted by Crippen LogP contribution is 2.23. The van der Waals surface area contributed by atoms with Crippen molar-refractivity contribution in [1.82, 2.24) is 4.31 Å². The number of hydrogen-bond donors (Lipinski definition) is 2. The van der Waals surface area contributed by atoms with Crippen LogP contribution in [0, 0.1) is 0 Å². The van der Waals surface area contributed by atoms with Crippen LogP contribution in [0.4, 0.5) is 5.69 Å². The predicted molar refractivity (Wildman–Crippen MR) is 74.5 cm³/mol. The molecule has 0 radical (unpaired) electrons. The number of nitrogens with one attached hydrogen (secondary N) is 1. The van der Waals surface area contributed by atoms with Crippen LogP contribution >= 0.6 is 15.9 Å². The van der Waals surface area contributed by atoms with Crippen molar-refractivity contribution >= 4 is 37.8 Å². The molecule has 1 heterocycles. The van der Waals surface area contributed by atoms with Gasteiger partial charge in [0.15, 0.2) is 0 Å². The summed E-state index contributed by atoms with van der Waals surface area (Å²) in [6.45, 7) is 0.933. The molecule has 8 heteroatoms. The number of carboxylic acid groups (broad SMARTS) is 1. The van der Waals surface area contributed by atoms with Crippen molar-refractivity contribution in [3.8, 4) is 0 Å². The average molecular weight is 349 g/mol. The molecule has 1 fully saturated rings. The number of anilines is 1. The van der Waals surface area contributed by atoms with Gasteiger partial charge >= 0.3 is 16.2 Å². The molecule has 2 N–H and O–H groups in total. The Labute approximate surface area is 119 Å². The average Bonchev–Trinajstić information content (AvgIpc) is 2.85. The van der Waals surface area contributed by atoms with E-state index in [1.807, 2.05) is 0 Å². The zero-order chi connectivity index (χ0) is 14.0. The van der Waals surface area contributed by atoms with E-state index >= 15 is 0 Å². The van der Waals surface area contributed by atoms with E-state index in [9.17, 15) is 13.2 Å². The van der Waals surface area contributed by atoms with Crippen molar-refractivity contribution in [3.05, 3.63) is 28.2 Å². The monoisotopic (exact) mass is 348 g/mol. The topological polar surface area (TPSA) is 86.7 Å². The fourth-order valence-electron chi connectivity index (χ4n) is 1.91. The highest BCUT2D eigenvalue weighted by atomic mass is 79.9. The van der Waals surface area contributed by atoms with Crippen LogP contribution in [-0.2, 0) is 10.2 Å². The summed E-state index contributed by atoms with van der Waals surface area (Å²) in [5.41, 5.74) is -0.0141. The van der Waals surface area contributed by atoms with Gasteiger partial charge in [0, 0.05) is 17.6 Å². The van der Waals surface area contributed by atoms with E-state index in [0.717, 1.165) is 12.8 Å². The molecule has 104 valence electrons. The quantitative estimate of drug-likeness (QED) is 0.869. The number of nitrogens with zero attached hydrogens (tertiary/aromatic N) is 1. The first-order chi connectivity index (χ1) is 8.90. The van der Waals surface area contributed by atoms with Gasteiger partial charge in [0.05, 0.1) is 11.3 Å². The van der Waals surface area contributed by atoms with Crippen molar-refractivity contribution in [2.24, 2.45) is 0 Å². The highest BCUT2D eigenvalue weighted by molar-refractivity contribution is 9.10. The van der Waals surface area contributed by atoms with Crippen molar-refractivity contribution < 1.29 is 18.3 Å². The van der Waals surface area contributed by atoms with Gasteiger partial charge in [-0.2, -0.15) is 12.7 Å². The van der Waals surface area contributed by atoms with E-state index in [2.05, 4.69) is 20.7 Å². The minimum absolute atomic E-state index is 0.0719. The van der Waals surface area contributed by atoms with Crippen LogP contribution in [0.2, 0.25) is 0 Å². The molecular weight excluding hydrogens is 336 g/mol. The van der Waals surface area contributed by atoms with Gasteiger partial charge in [0.1, 0.15) is 0 Å². The van der Waals surface area contributed by atoms with Crippen LogP contribution in [0.15, 0.2) is 22.7 Å². The summed E-state index contributed by atoms with van der Waals surface area (Å²) in [5.74, 6) is -1.18. The Morgan fingerprint density at radius 1 is 1.32 bits per heavy atom. The second-order valence-corrected chi connectivity index (χ2v) is 6.79. The van der Waals surface area contributed by atoms with E-state index in [1.54, 1.807) is 6.07 Å². The summed E-state index contributed by atoms with van der Waals surface area (Å²) < 4.78 is 28.4. The van der Waals surface area contributed by atoms with Crippen LogP contribution in [0.1, 0.15) is 23.2 Å². The van der Waals surface area contributed by atoms with Crippen molar-refractivity contribution in [2.45, 2.75) is 12.8 Å². The second-order valence-electron chi connectivity index (χ2n) is 4.21. The van der Waals surface area contributed by atoms with Crippen molar-refractivity contribution in [3.63, 3.8) is 0 Å². The molecule has 0 bridgehead atoms. The third-order valence-corrected chi connectivity index (χ3v) is 4.87. The van der Waals surface area contributed by atoms with Crippen molar-refractivity contribution in [1.29, 1.82) is 0 Å². The molecule has 0 aliphatic carbocycles. The van der Waals surface area contributed by atoms with Crippen LogP contribution in [0.3, 0.4) is 0 Å². The normalized spacial score (nSPS) is 16.5. The predicted octanol–water partition coefficient (Wildman–Crippen LogP) is 1.90. The lowest BCUT2D eigenvalue weighted by atomic mass is 10.2. The molecule has 0 atom stereocenters. The molecule has 0 saturated carbocycles. The van der Waals surface area contributed by atoms with Gasteiger partial charge in [0.25, 0.3) is 0 Å². The first kappa shape index (κ1) is 14.3. The number of halogens is 1. The molecule has 1 aliphatic rings. The maximum Gasteiger partial charge on any atom is 0.337 e. The zero-order valence-corrected chi connectivity index (χ0v) is 12.4. The molecule has 1 saturated heterocycles. The lowest BCUT2D eigenvalue weighted by Crippen LogP contribution is -2.33. The standard InChI is InChI=1S/C11H13BrN2O4S/c12-8-3-4-10(9(7-8)11(15)16)13-19(17,18)14-5-1-2-6-14/h3-4,7,13H,1-2,5-6H2,(H,15,16). The maximum atomic E-state index is 12.1. The van der Waals surface area contributed by atoms with Gasteiger partial charge in [-0.3, -0.25) is 4.72 Å². The molecular formula is C11H13BrN2O4S. The molecule has 6 nitrogen and oxygen atoms in total. The Hall–Kier alpha value is -1.12. The zero-order valence-electron chi connectivity index (χ0n) is 9.97. The summed E-state index contributed by atoms with van der Waals surface area (Å²) in [4.78, 5) is 11.1. The van der Waals surface area contributed by atoms with E-state index in [0.29, 0.717) is 17.6 Å². The summed E-state index contributed by atoms with van der Waals surface area (Å²) in [7, 11) is -3.68. The van der Waals surface area contributed by atoms with Gasteiger partial charge in [-0.05, 0) is 31.0 Å². The molecule has 0 spiro atoms. The number of benzene rings is 1. The third-order valence-electron chi connectivity index (χ3n) is 2.86. The van der Waals surface area contributed by atoms with E-state index in [-0.39, 0.29) is 11.3 Å². The Balaban J connectivity index is 2.30. The first-order valence-electron chi connectivity index (χ1n) is 5.71. The second kappa shape index (κ2) is 5.48. The number of aromatic carboxylic acids is 1. The fraction of sp³-hybridized carbons (Fsp3) is 0.364. The number of rotatable bonds is 4. The summed E-state index contributed by atoms with van der Waals surface area (Å²) in [6, 6.07) is 4.39. The van der Waals surface area contributed by atoms with Gasteiger partial charge in [-0.15, -0.1) is 0 Å². The third kappa shape index (κ3) is 3.26. The molecule has 19 heavy (non-hydrogen) atoms. The summed E-state index contributed by atoms with van der Waals surface area (Å²) >= 11 is 3.16.